The molecule has 0 aliphatic carbocycles. The van der Waals surface area contributed by atoms with Crippen LogP contribution in [0, 0.1) is 17.2 Å². The lowest BCUT2D eigenvalue weighted by Gasteiger charge is -2.28. The van der Waals surface area contributed by atoms with Crippen molar-refractivity contribution in [2.45, 2.75) is 12.8 Å². The summed E-state index contributed by atoms with van der Waals surface area (Å²) < 4.78 is 11.4. The Morgan fingerprint density at radius 3 is 2.74 bits per heavy atom. The molecule has 2 aliphatic heterocycles. The second-order valence-electron chi connectivity index (χ2n) is 8.79. The number of rotatable bonds is 7. The number of nitriles is 1. The first-order valence-corrected chi connectivity index (χ1v) is 11.9. The molecule has 0 bridgehead atoms. The normalized spacial score (nSPS) is 18.0. The quantitative estimate of drug-likeness (QED) is 0.584. The number of aromatic nitrogens is 2. The Morgan fingerprint density at radius 2 is 1.97 bits per heavy atom. The van der Waals surface area contributed by atoms with Gasteiger partial charge in [0.25, 0.3) is 0 Å². The highest BCUT2D eigenvalue weighted by Crippen LogP contribution is 2.26. The van der Waals surface area contributed by atoms with Crippen LogP contribution in [0.3, 0.4) is 0 Å². The van der Waals surface area contributed by atoms with Crippen molar-refractivity contribution in [3.8, 4) is 23.1 Å². The minimum Gasteiger partial charge on any atom is -0.492 e. The molecule has 1 aromatic heterocycles. The molecule has 0 amide bonds. The lowest BCUT2D eigenvalue weighted by atomic mass is 10.1. The van der Waals surface area contributed by atoms with Gasteiger partial charge in [-0.05, 0) is 54.9 Å². The maximum absolute atomic E-state index is 9.66. The van der Waals surface area contributed by atoms with Gasteiger partial charge < -0.3 is 19.7 Å². The Hall–Kier alpha value is -3.47. The summed E-state index contributed by atoms with van der Waals surface area (Å²) in [7, 11) is 0. The van der Waals surface area contributed by atoms with Gasteiger partial charge in [-0.3, -0.25) is 0 Å². The van der Waals surface area contributed by atoms with Gasteiger partial charge in [-0.2, -0.15) is 5.26 Å². The molecule has 7 heteroatoms. The second-order valence-corrected chi connectivity index (χ2v) is 8.79. The maximum Gasteiger partial charge on any atom is 0.137 e. The predicted molar refractivity (Wildman–Crippen MR) is 131 cm³/mol. The van der Waals surface area contributed by atoms with Gasteiger partial charge in [-0.25, -0.2) is 9.97 Å². The lowest BCUT2D eigenvalue weighted by molar-refractivity contribution is 0.122. The molecule has 2 aliphatic rings. The molecule has 3 heterocycles. The average Bonchev–Trinajstić information content (AvgIpc) is 3.42. The summed E-state index contributed by atoms with van der Waals surface area (Å²) in [6, 6.07) is 18.4. The fourth-order valence-corrected chi connectivity index (χ4v) is 4.44. The van der Waals surface area contributed by atoms with E-state index in [0.29, 0.717) is 30.3 Å². The molecule has 5 rings (SSSR count). The molecule has 0 radical (unpaired) electrons. The molecule has 1 atom stereocenters. The van der Waals surface area contributed by atoms with E-state index in [0.717, 1.165) is 68.5 Å². The molecule has 1 N–H and O–H groups in total. The zero-order valence-corrected chi connectivity index (χ0v) is 19.2. The van der Waals surface area contributed by atoms with E-state index in [4.69, 9.17) is 14.5 Å². The van der Waals surface area contributed by atoms with Crippen LogP contribution < -0.4 is 15.0 Å². The highest BCUT2D eigenvalue weighted by atomic mass is 16.5. The second kappa shape index (κ2) is 10.6. The molecule has 2 aromatic carbocycles. The van der Waals surface area contributed by atoms with Gasteiger partial charge in [-0.15, -0.1) is 0 Å². The zero-order chi connectivity index (χ0) is 23.2. The van der Waals surface area contributed by atoms with E-state index in [-0.39, 0.29) is 0 Å². The van der Waals surface area contributed by atoms with Crippen LogP contribution >= 0.6 is 0 Å². The van der Waals surface area contributed by atoms with Crippen LogP contribution in [0.15, 0.2) is 54.7 Å². The molecule has 2 saturated heterocycles. The van der Waals surface area contributed by atoms with Gasteiger partial charge >= 0.3 is 0 Å². The summed E-state index contributed by atoms with van der Waals surface area (Å²) in [5, 5.41) is 13.0. The van der Waals surface area contributed by atoms with Crippen LogP contribution in [-0.2, 0) is 11.2 Å². The van der Waals surface area contributed by atoms with Gasteiger partial charge in [0.2, 0.25) is 0 Å². The highest BCUT2D eigenvalue weighted by molar-refractivity contribution is 5.64. The summed E-state index contributed by atoms with van der Waals surface area (Å²) >= 11 is 0. The van der Waals surface area contributed by atoms with Crippen LogP contribution in [0.25, 0.3) is 11.3 Å². The Balaban J connectivity index is 1.27. The smallest absolute Gasteiger partial charge is 0.137 e. The first-order valence-electron chi connectivity index (χ1n) is 11.9. The molecule has 2 fully saturated rings. The zero-order valence-electron chi connectivity index (χ0n) is 19.2. The lowest BCUT2D eigenvalue weighted by Crippen LogP contribution is -2.36. The average molecular weight is 456 g/mol. The number of anilines is 1. The van der Waals surface area contributed by atoms with Crippen molar-refractivity contribution in [1.82, 2.24) is 15.3 Å². The monoisotopic (exact) mass is 455 g/mol. The minimum atomic E-state index is 0.499. The van der Waals surface area contributed by atoms with Gasteiger partial charge in [-0.1, -0.05) is 12.1 Å². The third kappa shape index (κ3) is 5.36. The van der Waals surface area contributed by atoms with Crippen LogP contribution in [0.4, 0.5) is 5.69 Å². The van der Waals surface area contributed by atoms with Crippen LogP contribution in [0.2, 0.25) is 0 Å². The Kier molecular flexibility index (Phi) is 6.99. The molecular formula is C27H29N5O2. The number of nitrogens with zero attached hydrogens (tertiary/aromatic N) is 4. The summed E-state index contributed by atoms with van der Waals surface area (Å²) in [5.74, 6) is 1.88. The summed E-state index contributed by atoms with van der Waals surface area (Å²) in [6.45, 7) is 6.05. The molecule has 0 spiro atoms. The first-order chi connectivity index (χ1) is 16.8. The fourth-order valence-electron chi connectivity index (χ4n) is 4.44. The van der Waals surface area contributed by atoms with Crippen molar-refractivity contribution >= 4 is 5.69 Å². The number of nitrogens with one attached hydrogen (secondary N) is 1. The van der Waals surface area contributed by atoms with Crippen molar-refractivity contribution in [3.05, 3.63) is 71.7 Å². The number of ether oxygens (including phenoxy) is 2. The number of hydrogen-bond donors (Lipinski definition) is 1. The number of morpholine rings is 1. The SMILES string of the molecule is N#Cc1cc(-c2ccnc(Cc3ccc(N4CCOCC4)cc3)n2)ccc1OCC1CCNC1. The van der Waals surface area contributed by atoms with Gasteiger partial charge in [0.15, 0.2) is 0 Å². The third-order valence-electron chi connectivity index (χ3n) is 6.41. The largest absolute Gasteiger partial charge is 0.492 e. The van der Waals surface area contributed by atoms with Crippen molar-refractivity contribution in [1.29, 1.82) is 5.26 Å². The standard InChI is InChI=1S/C27H29N5O2/c28-17-23-16-22(3-6-26(23)34-19-21-7-9-29-18-21)25-8-10-30-27(31-25)15-20-1-4-24(5-2-20)32-11-13-33-14-12-32/h1-6,8,10,16,21,29H,7,9,11-15,18-19H2. The van der Waals surface area contributed by atoms with E-state index >= 15 is 0 Å². The number of benzene rings is 2. The van der Waals surface area contributed by atoms with Crippen LogP contribution in [-0.4, -0.2) is 56.0 Å². The maximum atomic E-state index is 9.66. The van der Waals surface area contributed by atoms with Crippen molar-refractivity contribution in [2.75, 3.05) is 50.9 Å². The molecular weight excluding hydrogens is 426 g/mol. The number of hydrogen-bond acceptors (Lipinski definition) is 7. The predicted octanol–water partition coefficient (Wildman–Crippen LogP) is 3.43. The van der Waals surface area contributed by atoms with Gasteiger partial charge in [0.05, 0.1) is 31.1 Å². The van der Waals surface area contributed by atoms with E-state index in [2.05, 4.69) is 45.5 Å². The van der Waals surface area contributed by atoms with Gasteiger partial charge in [0, 0.05) is 49.4 Å². The van der Waals surface area contributed by atoms with E-state index in [1.54, 1.807) is 6.20 Å². The van der Waals surface area contributed by atoms with Crippen molar-refractivity contribution in [2.24, 2.45) is 5.92 Å². The molecule has 7 nitrogen and oxygen atoms in total. The van der Waals surface area contributed by atoms with Gasteiger partial charge in [0.1, 0.15) is 17.6 Å². The highest BCUT2D eigenvalue weighted by Gasteiger charge is 2.16. The van der Waals surface area contributed by atoms with Crippen LogP contribution in [0.1, 0.15) is 23.4 Å². The Bertz CT molecular complexity index is 1150. The first kappa shape index (κ1) is 22.3. The summed E-state index contributed by atoms with van der Waals surface area (Å²) in [6.07, 6.45) is 3.54. The van der Waals surface area contributed by atoms with E-state index < -0.39 is 0 Å². The van der Waals surface area contributed by atoms with E-state index in [1.807, 2.05) is 24.3 Å². The molecule has 34 heavy (non-hydrogen) atoms. The minimum absolute atomic E-state index is 0.499. The fraction of sp³-hybridized carbons (Fsp3) is 0.370. The Labute approximate surface area is 200 Å². The summed E-state index contributed by atoms with van der Waals surface area (Å²) in [5.41, 5.74) is 4.60. The molecule has 174 valence electrons. The molecule has 0 saturated carbocycles. The topological polar surface area (TPSA) is 83.3 Å². The molecule has 1 unspecified atom stereocenters. The summed E-state index contributed by atoms with van der Waals surface area (Å²) in [4.78, 5) is 11.6. The Morgan fingerprint density at radius 1 is 1.12 bits per heavy atom. The third-order valence-corrected chi connectivity index (χ3v) is 6.41. The van der Waals surface area contributed by atoms with E-state index in [9.17, 15) is 5.26 Å². The molecule has 3 aromatic rings. The van der Waals surface area contributed by atoms with Crippen LogP contribution in [0.5, 0.6) is 5.75 Å². The van der Waals surface area contributed by atoms with Crippen molar-refractivity contribution < 1.29 is 9.47 Å². The van der Waals surface area contributed by atoms with Crippen molar-refractivity contribution in [3.63, 3.8) is 0 Å². The van der Waals surface area contributed by atoms with E-state index in [1.165, 1.54) is 5.69 Å².